The van der Waals surface area contributed by atoms with Gasteiger partial charge in [0.1, 0.15) is 17.3 Å². The number of anilines is 1. The monoisotopic (exact) mass is 490 g/mol. The zero-order valence-electron chi connectivity index (χ0n) is 18.9. The number of rotatable bonds is 7. The van der Waals surface area contributed by atoms with Crippen molar-refractivity contribution >= 4 is 26.3 Å². The van der Waals surface area contributed by atoms with E-state index in [1.165, 1.54) is 12.1 Å². The van der Waals surface area contributed by atoms with Crippen LogP contribution >= 0.6 is 11.3 Å². The molecule has 176 valence electrons. The molecule has 6 nitrogen and oxygen atoms in total. The molecule has 0 radical (unpaired) electrons. The lowest BCUT2D eigenvalue weighted by atomic mass is 10.1. The lowest BCUT2D eigenvalue weighted by molar-refractivity contribution is 0.391. The first kappa shape index (κ1) is 23.5. The van der Waals surface area contributed by atoms with Crippen molar-refractivity contribution in [2.75, 3.05) is 32.2 Å². The van der Waals surface area contributed by atoms with E-state index in [9.17, 15) is 12.8 Å². The third kappa shape index (κ3) is 4.99. The summed E-state index contributed by atoms with van der Waals surface area (Å²) in [6.07, 6.45) is 1.60. The van der Waals surface area contributed by atoms with E-state index in [1.807, 2.05) is 23.6 Å². The highest BCUT2D eigenvalue weighted by Crippen LogP contribution is 2.32. The van der Waals surface area contributed by atoms with Crippen LogP contribution in [0.4, 0.5) is 9.52 Å². The lowest BCUT2D eigenvalue weighted by Gasteiger charge is -2.31. The minimum atomic E-state index is -3.58. The molecule has 1 aliphatic rings. The molecule has 0 saturated carbocycles. The molecule has 0 aliphatic carbocycles. The van der Waals surface area contributed by atoms with Crippen LogP contribution in [-0.4, -0.2) is 46.0 Å². The van der Waals surface area contributed by atoms with Gasteiger partial charge in [-0.3, -0.25) is 0 Å². The number of nitrogens with zero attached hydrogens (tertiary/aromatic N) is 2. The van der Waals surface area contributed by atoms with E-state index in [1.54, 1.807) is 32.5 Å². The van der Waals surface area contributed by atoms with Gasteiger partial charge in [0.2, 0.25) is 0 Å². The van der Waals surface area contributed by atoms with Gasteiger partial charge in [-0.05, 0) is 43.5 Å². The Morgan fingerprint density at radius 1 is 1.12 bits per heavy atom. The fourth-order valence-electron chi connectivity index (χ4n) is 4.13. The molecular formula is C24H27FN2O4S2. The molecule has 1 aromatic heterocycles. The number of sulfone groups is 1. The molecule has 3 aromatic rings. The second kappa shape index (κ2) is 9.69. The van der Waals surface area contributed by atoms with Crippen LogP contribution in [0.3, 0.4) is 0 Å². The van der Waals surface area contributed by atoms with E-state index < -0.39 is 20.9 Å². The molecule has 2 heterocycles. The van der Waals surface area contributed by atoms with Crippen molar-refractivity contribution in [1.82, 2.24) is 4.98 Å². The number of aryl methyl sites for hydroxylation is 1. The molecule has 1 fully saturated rings. The molecule has 1 aliphatic heterocycles. The maximum atomic E-state index is 13.7. The van der Waals surface area contributed by atoms with E-state index in [2.05, 4.69) is 4.90 Å². The van der Waals surface area contributed by atoms with Gasteiger partial charge in [-0.15, -0.1) is 11.3 Å². The van der Waals surface area contributed by atoms with Crippen LogP contribution in [0.5, 0.6) is 11.5 Å². The van der Waals surface area contributed by atoms with Gasteiger partial charge in [0.05, 0.1) is 30.1 Å². The molecule has 33 heavy (non-hydrogen) atoms. The lowest BCUT2D eigenvalue weighted by Crippen LogP contribution is -2.39. The van der Waals surface area contributed by atoms with Crippen LogP contribution in [0.25, 0.3) is 0 Å². The van der Waals surface area contributed by atoms with E-state index in [-0.39, 0.29) is 4.90 Å². The number of aromatic nitrogens is 1. The van der Waals surface area contributed by atoms with Crippen molar-refractivity contribution in [1.29, 1.82) is 0 Å². The van der Waals surface area contributed by atoms with Crippen LogP contribution in [0, 0.1) is 12.7 Å². The van der Waals surface area contributed by atoms with Gasteiger partial charge in [-0.25, -0.2) is 17.8 Å². The Morgan fingerprint density at radius 2 is 1.88 bits per heavy atom. The summed E-state index contributed by atoms with van der Waals surface area (Å²) >= 11 is 1.56. The zero-order chi connectivity index (χ0) is 23.6. The van der Waals surface area contributed by atoms with E-state index in [0.717, 1.165) is 34.0 Å². The maximum absolute atomic E-state index is 13.7. The average molecular weight is 491 g/mol. The quantitative estimate of drug-likeness (QED) is 0.481. The normalized spacial score (nSPS) is 15.0. The van der Waals surface area contributed by atoms with Crippen molar-refractivity contribution in [3.05, 3.63) is 64.4 Å². The van der Waals surface area contributed by atoms with Gasteiger partial charge in [-0.1, -0.05) is 12.1 Å². The van der Waals surface area contributed by atoms with Gasteiger partial charge < -0.3 is 14.4 Å². The first-order valence-corrected chi connectivity index (χ1v) is 13.1. The van der Waals surface area contributed by atoms with Crippen molar-refractivity contribution in [2.24, 2.45) is 0 Å². The van der Waals surface area contributed by atoms with Gasteiger partial charge in [-0.2, -0.15) is 0 Å². The van der Waals surface area contributed by atoms with E-state index in [0.29, 0.717) is 37.9 Å². The molecule has 0 unspecified atom stereocenters. The van der Waals surface area contributed by atoms with Crippen LogP contribution in [-0.2, 0) is 16.3 Å². The predicted molar refractivity (Wildman–Crippen MR) is 128 cm³/mol. The minimum absolute atomic E-state index is 0.103. The summed E-state index contributed by atoms with van der Waals surface area (Å²) in [7, 11) is -0.324. The molecule has 0 amide bonds. The zero-order valence-corrected chi connectivity index (χ0v) is 20.5. The van der Waals surface area contributed by atoms with Gasteiger partial charge in [0.25, 0.3) is 0 Å². The Bertz CT molecular complexity index is 1240. The molecule has 0 bridgehead atoms. The fourth-order valence-corrected chi connectivity index (χ4v) is 7.00. The van der Waals surface area contributed by atoms with Crippen molar-refractivity contribution < 1.29 is 22.3 Å². The Hall–Kier alpha value is -2.65. The predicted octanol–water partition coefficient (Wildman–Crippen LogP) is 4.64. The van der Waals surface area contributed by atoms with Crippen LogP contribution < -0.4 is 14.4 Å². The summed E-state index contributed by atoms with van der Waals surface area (Å²) in [6, 6.07) is 9.68. The molecule has 0 atom stereocenters. The average Bonchev–Trinajstić information content (AvgIpc) is 3.29. The van der Waals surface area contributed by atoms with Crippen LogP contribution in [0.15, 0.2) is 46.7 Å². The number of piperidine rings is 1. The molecule has 9 heteroatoms. The second-order valence-corrected chi connectivity index (χ2v) is 11.2. The highest BCUT2D eigenvalue weighted by molar-refractivity contribution is 7.92. The maximum Gasteiger partial charge on any atom is 0.185 e. The summed E-state index contributed by atoms with van der Waals surface area (Å²) in [4.78, 5) is 7.01. The summed E-state index contributed by atoms with van der Waals surface area (Å²) in [5, 5.41) is 2.39. The first-order chi connectivity index (χ1) is 15.8. The fraction of sp³-hybridized carbons (Fsp3) is 0.375. The third-order valence-corrected chi connectivity index (χ3v) is 9.37. The van der Waals surface area contributed by atoms with Crippen molar-refractivity contribution in [3.8, 4) is 11.5 Å². The second-order valence-electron chi connectivity index (χ2n) is 8.12. The van der Waals surface area contributed by atoms with Crippen LogP contribution in [0.2, 0.25) is 0 Å². The summed E-state index contributed by atoms with van der Waals surface area (Å²) in [5.41, 5.74) is 2.53. The van der Waals surface area contributed by atoms with Gasteiger partial charge in [0.15, 0.2) is 15.0 Å². The van der Waals surface area contributed by atoms with E-state index in [4.69, 9.17) is 14.5 Å². The standard InChI is InChI=1S/C24H27FN2O4S2/c1-16-4-6-18(25)13-23(16)33(28,29)21-8-10-27(11-9-21)24-26-19(15-32-24)12-17-5-7-20(30-2)14-22(17)31-3/h4-7,13-15,21H,8-12H2,1-3H3. The summed E-state index contributed by atoms with van der Waals surface area (Å²) in [6.45, 7) is 2.89. The third-order valence-electron chi connectivity index (χ3n) is 6.01. The number of halogens is 1. The van der Waals surface area contributed by atoms with Crippen molar-refractivity contribution in [3.63, 3.8) is 0 Å². The summed E-state index contributed by atoms with van der Waals surface area (Å²) < 4.78 is 50.6. The Labute approximate surface area is 197 Å². The Morgan fingerprint density at radius 3 is 2.58 bits per heavy atom. The number of hydrogen-bond acceptors (Lipinski definition) is 7. The number of methoxy groups -OCH3 is 2. The van der Waals surface area contributed by atoms with E-state index >= 15 is 0 Å². The minimum Gasteiger partial charge on any atom is -0.497 e. The molecule has 0 N–H and O–H groups in total. The number of thiazole rings is 1. The number of benzene rings is 2. The highest BCUT2D eigenvalue weighted by Gasteiger charge is 2.33. The number of ether oxygens (including phenoxy) is 2. The topological polar surface area (TPSA) is 68.7 Å². The van der Waals surface area contributed by atoms with Gasteiger partial charge in [0, 0.05) is 36.5 Å². The molecule has 0 spiro atoms. The first-order valence-electron chi connectivity index (χ1n) is 10.7. The van der Waals surface area contributed by atoms with Gasteiger partial charge >= 0.3 is 0 Å². The molecule has 4 rings (SSSR count). The molecular weight excluding hydrogens is 463 g/mol. The molecule has 1 saturated heterocycles. The Kier molecular flexibility index (Phi) is 6.90. The van der Waals surface area contributed by atoms with Crippen molar-refractivity contribution in [2.45, 2.75) is 36.3 Å². The SMILES string of the molecule is COc1ccc(Cc2csc(N3CCC(S(=O)(=O)c4cc(F)ccc4C)CC3)n2)c(OC)c1. The Balaban J connectivity index is 1.43. The smallest absolute Gasteiger partial charge is 0.185 e. The number of hydrogen-bond donors (Lipinski definition) is 0. The molecule has 2 aromatic carbocycles. The summed E-state index contributed by atoms with van der Waals surface area (Å²) in [5.74, 6) is 0.962. The van der Waals surface area contributed by atoms with Crippen LogP contribution in [0.1, 0.15) is 29.7 Å². The highest BCUT2D eigenvalue weighted by atomic mass is 32.2. The largest absolute Gasteiger partial charge is 0.497 e.